The van der Waals surface area contributed by atoms with E-state index in [2.05, 4.69) is 15.5 Å². The van der Waals surface area contributed by atoms with Crippen LogP contribution in [0.2, 0.25) is 0 Å². The highest BCUT2D eigenvalue weighted by atomic mass is 19.1. The number of anilines is 1. The fourth-order valence-electron chi connectivity index (χ4n) is 3.05. The summed E-state index contributed by atoms with van der Waals surface area (Å²) in [6, 6.07) is 17.9. The van der Waals surface area contributed by atoms with Crippen molar-refractivity contribution in [3.63, 3.8) is 0 Å². The normalized spacial score (nSPS) is 10.9. The van der Waals surface area contributed by atoms with Gasteiger partial charge in [-0.15, -0.1) is 0 Å². The Morgan fingerprint density at radius 3 is 2.48 bits per heavy atom. The van der Waals surface area contributed by atoms with Crippen molar-refractivity contribution in [1.29, 1.82) is 0 Å². The minimum absolute atomic E-state index is 0.0106. The molecule has 0 radical (unpaired) electrons. The van der Waals surface area contributed by atoms with E-state index in [-0.39, 0.29) is 19.1 Å². The molecule has 2 N–H and O–H groups in total. The third kappa shape index (κ3) is 5.43. The van der Waals surface area contributed by atoms with Gasteiger partial charge in [0.25, 0.3) is 5.91 Å². The quantitative estimate of drug-likeness (QED) is 0.435. The number of benzene rings is 3. The molecule has 8 heteroatoms. The molecule has 0 saturated heterocycles. The lowest BCUT2D eigenvalue weighted by Gasteiger charge is -2.07. The van der Waals surface area contributed by atoms with Gasteiger partial charge in [0, 0.05) is 17.5 Å². The smallest absolute Gasteiger partial charge is 0.251 e. The van der Waals surface area contributed by atoms with Crippen molar-refractivity contribution in [2.75, 3.05) is 11.9 Å². The van der Waals surface area contributed by atoms with Gasteiger partial charge in [0.05, 0.1) is 12.1 Å². The molecule has 0 aliphatic heterocycles. The van der Waals surface area contributed by atoms with Crippen LogP contribution in [0.25, 0.3) is 10.9 Å². The van der Waals surface area contributed by atoms with Crippen molar-refractivity contribution in [3.8, 4) is 5.75 Å². The number of ether oxygens (including phenoxy) is 2. The van der Waals surface area contributed by atoms with Crippen molar-refractivity contribution in [2.45, 2.75) is 13.2 Å². The fraction of sp³-hybridized carbons (Fsp3) is 0.130. The number of rotatable bonds is 8. The first kappa shape index (κ1) is 20.5. The van der Waals surface area contributed by atoms with Gasteiger partial charge in [0.1, 0.15) is 30.6 Å². The molecule has 1 heterocycles. The molecule has 158 valence electrons. The van der Waals surface area contributed by atoms with Gasteiger partial charge in [-0.05, 0) is 35.4 Å². The third-order valence-electron chi connectivity index (χ3n) is 4.46. The van der Waals surface area contributed by atoms with Crippen LogP contribution in [0.1, 0.15) is 11.1 Å². The van der Waals surface area contributed by atoms with Gasteiger partial charge in [-0.1, -0.05) is 30.3 Å². The molecular weight excluding hydrogens is 404 g/mol. The van der Waals surface area contributed by atoms with Crippen molar-refractivity contribution in [3.05, 3.63) is 89.5 Å². The largest absolute Gasteiger partial charge is 0.489 e. The SMILES string of the molecule is O=C(COCc1ccccc1)Nc1n[nH]c2cc(OCc3cc(F)cc(F)c3)ccc12. The maximum atomic E-state index is 13.3. The summed E-state index contributed by atoms with van der Waals surface area (Å²) in [6.07, 6.45) is 0. The number of hydrogen-bond donors (Lipinski definition) is 2. The standard InChI is InChI=1S/C23H19F2N3O3/c24-17-8-16(9-18(25)10-17)13-31-19-6-7-20-21(11-19)27-28-23(20)26-22(29)14-30-12-15-4-2-1-3-5-15/h1-11H,12-14H2,(H2,26,27,28,29). The first-order valence-electron chi connectivity index (χ1n) is 9.54. The van der Waals surface area contributed by atoms with Crippen LogP contribution in [-0.4, -0.2) is 22.7 Å². The molecule has 31 heavy (non-hydrogen) atoms. The predicted molar refractivity (Wildman–Crippen MR) is 112 cm³/mol. The molecule has 0 atom stereocenters. The zero-order chi connectivity index (χ0) is 21.6. The Morgan fingerprint density at radius 1 is 0.935 bits per heavy atom. The van der Waals surface area contributed by atoms with E-state index >= 15 is 0 Å². The maximum Gasteiger partial charge on any atom is 0.251 e. The number of nitrogens with zero attached hydrogens (tertiary/aromatic N) is 1. The first-order valence-corrected chi connectivity index (χ1v) is 9.54. The van der Waals surface area contributed by atoms with Crippen LogP contribution >= 0.6 is 0 Å². The predicted octanol–water partition coefficient (Wildman–Crippen LogP) is 4.58. The molecule has 6 nitrogen and oxygen atoms in total. The summed E-state index contributed by atoms with van der Waals surface area (Å²) >= 11 is 0. The van der Waals surface area contributed by atoms with E-state index in [0.29, 0.717) is 34.6 Å². The molecule has 1 aromatic heterocycles. The van der Waals surface area contributed by atoms with Gasteiger partial charge in [0.2, 0.25) is 0 Å². The number of fused-ring (bicyclic) bond motifs is 1. The molecular formula is C23H19F2N3O3. The molecule has 3 aromatic carbocycles. The number of amides is 1. The number of halogens is 2. The van der Waals surface area contributed by atoms with Crippen LogP contribution in [-0.2, 0) is 22.7 Å². The van der Waals surface area contributed by atoms with Gasteiger partial charge in [-0.2, -0.15) is 5.10 Å². The van der Waals surface area contributed by atoms with E-state index in [4.69, 9.17) is 9.47 Å². The second-order valence-electron chi connectivity index (χ2n) is 6.87. The third-order valence-corrected chi connectivity index (χ3v) is 4.46. The van der Waals surface area contributed by atoms with Crippen LogP contribution < -0.4 is 10.1 Å². The number of carbonyl (C=O) groups is 1. The lowest BCUT2D eigenvalue weighted by molar-refractivity contribution is -0.121. The zero-order valence-corrected chi connectivity index (χ0v) is 16.4. The minimum Gasteiger partial charge on any atom is -0.489 e. The van der Waals surface area contributed by atoms with Gasteiger partial charge in [-0.25, -0.2) is 8.78 Å². The first-order chi connectivity index (χ1) is 15.1. The Balaban J connectivity index is 1.34. The summed E-state index contributed by atoms with van der Waals surface area (Å²) in [7, 11) is 0. The molecule has 0 bridgehead atoms. The van der Waals surface area contributed by atoms with Gasteiger partial charge in [-0.3, -0.25) is 9.89 Å². The van der Waals surface area contributed by atoms with Gasteiger partial charge in [0.15, 0.2) is 5.82 Å². The summed E-state index contributed by atoms with van der Waals surface area (Å²) in [5, 5.41) is 10.3. The highest BCUT2D eigenvalue weighted by Gasteiger charge is 2.11. The Bertz CT molecular complexity index is 1180. The Kier molecular flexibility index (Phi) is 6.18. The number of hydrogen-bond acceptors (Lipinski definition) is 4. The number of carbonyl (C=O) groups excluding carboxylic acids is 1. The van der Waals surface area contributed by atoms with Gasteiger partial charge >= 0.3 is 0 Å². The molecule has 1 amide bonds. The van der Waals surface area contributed by atoms with Crippen molar-refractivity contribution >= 4 is 22.6 Å². The lowest BCUT2D eigenvalue weighted by Crippen LogP contribution is -2.18. The van der Waals surface area contributed by atoms with Crippen LogP contribution in [0.15, 0.2) is 66.7 Å². The summed E-state index contributed by atoms with van der Waals surface area (Å²) in [5.41, 5.74) is 2.00. The van der Waals surface area contributed by atoms with Crippen molar-refractivity contribution < 1.29 is 23.0 Å². The summed E-state index contributed by atoms with van der Waals surface area (Å²) in [6.45, 7) is 0.247. The van der Waals surface area contributed by atoms with Crippen LogP contribution in [0.4, 0.5) is 14.6 Å². The van der Waals surface area contributed by atoms with Crippen LogP contribution in [0.5, 0.6) is 5.75 Å². The highest BCUT2D eigenvalue weighted by Crippen LogP contribution is 2.25. The second-order valence-corrected chi connectivity index (χ2v) is 6.87. The lowest BCUT2D eigenvalue weighted by atomic mass is 10.2. The minimum atomic E-state index is -0.657. The van der Waals surface area contributed by atoms with Crippen LogP contribution in [0, 0.1) is 11.6 Å². The average molecular weight is 423 g/mol. The van der Waals surface area contributed by atoms with E-state index in [1.165, 1.54) is 12.1 Å². The van der Waals surface area contributed by atoms with E-state index in [1.54, 1.807) is 18.2 Å². The fourth-order valence-corrected chi connectivity index (χ4v) is 3.05. The average Bonchev–Trinajstić information content (AvgIpc) is 3.14. The molecule has 0 aliphatic rings. The van der Waals surface area contributed by atoms with Gasteiger partial charge < -0.3 is 14.8 Å². The Labute approximate surface area is 176 Å². The summed E-state index contributed by atoms with van der Waals surface area (Å²) in [4.78, 5) is 12.1. The number of aromatic amines is 1. The summed E-state index contributed by atoms with van der Waals surface area (Å²) in [5.74, 6) is -0.767. The molecule has 0 unspecified atom stereocenters. The number of H-pyrrole nitrogens is 1. The van der Waals surface area contributed by atoms with Crippen molar-refractivity contribution in [1.82, 2.24) is 10.2 Å². The maximum absolute atomic E-state index is 13.3. The summed E-state index contributed by atoms with van der Waals surface area (Å²) < 4.78 is 37.6. The van der Waals surface area contributed by atoms with E-state index in [0.717, 1.165) is 11.6 Å². The molecule has 0 saturated carbocycles. The molecule has 0 fully saturated rings. The van der Waals surface area contributed by atoms with Crippen molar-refractivity contribution in [2.24, 2.45) is 0 Å². The molecule has 0 aliphatic carbocycles. The highest BCUT2D eigenvalue weighted by molar-refractivity contribution is 6.00. The Hall–Kier alpha value is -3.78. The molecule has 4 aromatic rings. The molecule has 0 spiro atoms. The van der Waals surface area contributed by atoms with E-state index < -0.39 is 11.6 Å². The second kappa shape index (κ2) is 9.36. The monoisotopic (exact) mass is 423 g/mol. The van der Waals surface area contributed by atoms with Crippen LogP contribution in [0.3, 0.4) is 0 Å². The van der Waals surface area contributed by atoms with E-state index in [1.807, 2.05) is 30.3 Å². The topological polar surface area (TPSA) is 76.2 Å². The Morgan fingerprint density at radius 2 is 1.71 bits per heavy atom. The zero-order valence-electron chi connectivity index (χ0n) is 16.4. The van der Waals surface area contributed by atoms with E-state index in [9.17, 15) is 13.6 Å². The number of aromatic nitrogens is 2. The molecule has 4 rings (SSSR count). The number of nitrogens with one attached hydrogen (secondary N) is 2.